The van der Waals surface area contributed by atoms with E-state index in [1.54, 1.807) is 42.0 Å². The van der Waals surface area contributed by atoms with Gasteiger partial charge in [0.25, 0.3) is 5.91 Å². The van der Waals surface area contributed by atoms with Gasteiger partial charge >= 0.3 is 0 Å². The molecule has 0 aromatic carbocycles. The highest BCUT2D eigenvalue weighted by Gasteiger charge is 2.09. The number of amides is 1. The van der Waals surface area contributed by atoms with Gasteiger partial charge in [-0.05, 0) is 24.3 Å². The van der Waals surface area contributed by atoms with Crippen LogP contribution in [-0.2, 0) is 0 Å². The Morgan fingerprint density at radius 1 is 1.65 bits per heavy atom. The van der Waals surface area contributed by atoms with Crippen molar-refractivity contribution in [2.45, 2.75) is 0 Å². The number of nitrogens with one attached hydrogen (secondary N) is 1. The van der Waals surface area contributed by atoms with Crippen LogP contribution in [0.4, 0.5) is 0 Å². The van der Waals surface area contributed by atoms with Crippen LogP contribution in [0.15, 0.2) is 30.5 Å². The molecule has 5 heteroatoms. The van der Waals surface area contributed by atoms with E-state index >= 15 is 0 Å². The highest BCUT2D eigenvalue weighted by atomic mass is 16.1. The fourth-order valence-electron chi connectivity index (χ4n) is 1.57. The normalized spacial score (nSPS) is 10.6. The van der Waals surface area contributed by atoms with Crippen LogP contribution in [0.1, 0.15) is 16.1 Å². The van der Waals surface area contributed by atoms with Crippen molar-refractivity contribution in [2.75, 3.05) is 7.05 Å². The Hall–Kier alpha value is -2.61. The van der Waals surface area contributed by atoms with E-state index in [1.165, 1.54) is 6.08 Å². The fraction of sp³-hybridized carbons (Fsp3) is 0.0833. The molecule has 0 spiro atoms. The first-order valence-electron chi connectivity index (χ1n) is 5.03. The summed E-state index contributed by atoms with van der Waals surface area (Å²) in [6.07, 6.45) is 4.70. The molecule has 1 amide bonds. The summed E-state index contributed by atoms with van der Waals surface area (Å²) in [6, 6.07) is 7.14. The van der Waals surface area contributed by atoms with Gasteiger partial charge in [0.1, 0.15) is 0 Å². The van der Waals surface area contributed by atoms with Crippen LogP contribution in [0.5, 0.6) is 0 Å². The Morgan fingerprint density at radius 3 is 3.18 bits per heavy atom. The van der Waals surface area contributed by atoms with Crippen LogP contribution in [0.25, 0.3) is 11.6 Å². The highest BCUT2D eigenvalue weighted by molar-refractivity contribution is 6.00. The minimum atomic E-state index is -0.161. The molecule has 0 saturated heterocycles. The van der Waals surface area contributed by atoms with Gasteiger partial charge in [-0.25, -0.2) is 4.52 Å². The fourth-order valence-corrected chi connectivity index (χ4v) is 1.57. The standard InChI is InChI=1S/C12H10N4O/c1-14-12(17)10-5-3-7-16-11(10)8-9(15-16)4-2-6-13/h2-5,7-8H,1H3,(H,14,17)/b4-2+. The van der Waals surface area contributed by atoms with E-state index in [9.17, 15) is 4.79 Å². The third-order valence-electron chi connectivity index (χ3n) is 2.32. The zero-order chi connectivity index (χ0) is 12.3. The molecule has 0 atom stereocenters. The van der Waals surface area contributed by atoms with E-state index in [1.807, 2.05) is 6.07 Å². The summed E-state index contributed by atoms with van der Waals surface area (Å²) in [6.45, 7) is 0. The van der Waals surface area contributed by atoms with Gasteiger partial charge in [-0.2, -0.15) is 10.4 Å². The summed E-state index contributed by atoms with van der Waals surface area (Å²) in [4.78, 5) is 11.6. The van der Waals surface area contributed by atoms with Crippen LogP contribution >= 0.6 is 0 Å². The van der Waals surface area contributed by atoms with Crippen molar-refractivity contribution in [3.8, 4) is 6.07 Å². The van der Waals surface area contributed by atoms with Crippen LogP contribution in [-0.4, -0.2) is 22.6 Å². The molecule has 2 aromatic rings. The van der Waals surface area contributed by atoms with Gasteiger partial charge < -0.3 is 5.32 Å². The molecule has 1 N–H and O–H groups in total. The first kappa shape index (κ1) is 10.9. The molecule has 2 rings (SSSR count). The van der Waals surface area contributed by atoms with Crippen molar-refractivity contribution in [3.05, 3.63) is 41.7 Å². The van der Waals surface area contributed by atoms with Gasteiger partial charge in [0.05, 0.1) is 22.8 Å². The van der Waals surface area contributed by atoms with Gasteiger partial charge in [-0.1, -0.05) is 0 Å². The molecular formula is C12H10N4O. The number of carbonyl (C=O) groups excluding carboxylic acids is 1. The number of nitriles is 1. The first-order valence-corrected chi connectivity index (χ1v) is 5.03. The minimum absolute atomic E-state index is 0.161. The molecule has 0 unspecified atom stereocenters. The highest BCUT2D eigenvalue weighted by Crippen LogP contribution is 2.13. The van der Waals surface area contributed by atoms with Crippen molar-refractivity contribution in [1.82, 2.24) is 14.9 Å². The first-order chi connectivity index (χ1) is 8.26. The number of hydrogen-bond acceptors (Lipinski definition) is 3. The number of rotatable bonds is 2. The smallest absolute Gasteiger partial charge is 0.253 e. The third-order valence-corrected chi connectivity index (χ3v) is 2.32. The van der Waals surface area contributed by atoms with Crippen molar-refractivity contribution < 1.29 is 4.79 Å². The average molecular weight is 226 g/mol. The maximum atomic E-state index is 11.6. The van der Waals surface area contributed by atoms with Gasteiger partial charge in [0, 0.05) is 19.3 Å². The van der Waals surface area contributed by atoms with E-state index in [-0.39, 0.29) is 5.91 Å². The number of carbonyl (C=O) groups is 1. The molecule has 0 aliphatic rings. The molecule has 0 bridgehead atoms. The van der Waals surface area contributed by atoms with Crippen LogP contribution < -0.4 is 5.32 Å². The topological polar surface area (TPSA) is 70.2 Å². The summed E-state index contributed by atoms with van der Waals surface area (Å²) in [7, 11) is 1.58. The molecule has 0 aliphatic heterocycles. The monoisotopic (exact) mass is 226 g/mol. The largest absolute Gasteiger partial charge is 0.355 e. The number of nitrogens with zero attached hydrogens (tertiary/aromatic N) is 3. The van der Waals surface area contributed by atoms with Crippen LogP contribution in [0.2, 0.25) is 0 Å². The number of aromatic nitrogens is 2. The second-order valence-corrected chi connectivity index (χ2v) is 3.36. The Kier molecular flexibility index (Phi) is 2.88. The number of pyridine rings is 1. The quantitative estimate of drug-likeness (QED) is 0.783. The molecule has 5 nitrogen and oxygen atoms in total. The summed E-state index contributed by atoms with van der Waals surface area (Å²) in [5.74, 6) is -0.161. The number of allylic oxidation sites excluding steroid dienone is 1. The molecule has 0 aliphatic carbocycles. The molecule has 17 heavy (non-hydrogen) atoms. The Morgan fingerprint density at radius 2 is 2.47 bits per heavy atom. The maximum absolute atomic E-state index is 11.6. The molecule has 0 saturated carbocycles. The van der Waals surface area contributed by atoms with Gasteiger partial charge in [0.15, 0.2) is 0 Å². The lowest BCUT2D eigenvalue weighted by Gasteiger charge is -2.00. The van der Waals surface area contributed by atoms with E-state index in [4.69, 9.17) is 5.26 Å². The summed E-state index contributed by atoms with van der Waals surface area (Å²) < 4.78 is 1.61. The molecule has 0 radical (unpaired) electrons. The molecule has 2 heterocycles. The van der Waals surface area contributed by atoms with Crippen molar-refractivity contribution >= 4 is 17.5 Å². The van der Waals surface area contributed by atoms with E-state index < -0.39 is 0 Å². The van der Waals surface area contributed by atoms with Gasteiger partial charge in [-0.15, -0.1) is 0 Å². The third kappa shape index (κ3) is 2.01. The lowest BCUT2D eigenvalue weighted by molar-refractivity contribution is 0.0964. The minimum Gasteiger partial charge on any atom is -0.355 e. The molecule has 0 fully saturated rings. The lowest BCUT2D eigenvalue weighted by Crippen LogP contribution is -2.18. The van der Waals surface area contributed by atoms with Gasteiger partial charge in [0.2, 0.25) is 0 Å². The summed E-state index contributed by atoms with van der Waals surface area (Å²) in [5.41, 5.74) is 1.91. The van der Waals surface area contributed by atoms with Crippen molar-refractivity contribution in [1.29, 1.82) is 5.26 Å². The van der Waals surface area contributed by atoms with E-state index in [0.29, 0.717) is 16.8 Å². The number of fused-ring (bicyclic) bond motifs is 1. The summed E-state index contributed by atoms with van der Waals surface area (Å²) in [5, 5.41) is 15.2. The van der Waals surface area contributed by atoms with E-state index in [2.05, 4.69) is 10.4 Å². The predicted molar refractivity (Wildman–Crippen MR) is 63.2 cm³/mol. The lowest BCUT2D eigenvalue weighted by atomic mass is 10.2. The number of hydrogen-bond donors (Lipinski definition) is 1. The Bertz CT molecular complexity index is 633. The second kappa shape index (κ2) is 4.49. The van der Waals surface area contributed by atoms with Crippen LogP contribution in [0.3, 0.4) is 0 Å². The van der Waals surface area contributed by atoms with Gasteiger partial charge in [-0.3, -0.25) is 4.79 Å². The maximum Gasteiger partial charge on any atom is 0.253 e. The zero-order valence-corrected chi connectivity index (χ0v) is 9.21. The summed E-state index contributed by atoms with van der Waals surface area (Å²) >= 11 is 0. The Labute approximate surface area is 98.0 Å². The molecular weight excluding hydrogens is 216 g/mol. The second-order valence-electron chi connectivity index (χ2n) is 3.36. The Balaban J connectivity index is 2.57. The van der Waals surface area contributed by atoms with Crippen molar-refractivity contribution in [2.24, 2.45) is 0 Å². The van der Waals surface area contributed by atoms with Crippen LogP contribution in [0, 0.1) is 11.3 Å². The predicted octanol–water partition coefficient (Wildman–Crippen LogP) is 1.23. The van der Waals surface area contributed by atoms with E-state index in [0.717, 1.165) is 0 Å². The molecule has 84 valence electrons. The SMILES string of the molecule is CNC(=O)c1cccn2nc(/C=C/C#N)cc12. The average Bonchev–Trinajstić information content (AvgIpc) is 2.77. The molecule has 2 aromatic heterocycles. The van der Waals surface area contributed by atoms with Crippen molar-refractivity contribution in [3.63, 3.8) is 0 Å². The zero-order valence-electron chi connectivity index (χ0n) is 9.21.